The van der Waals surface area contributed by atoms with E-state index in [-0.39, 0.29) is 20.6 Å². The minimum absolute atomic E-state index is 0.0529. The van der Waals surface area contributed by atoms with Gasteiger partial charge < -0.3 is 10.5 Å². The summed E-state index contributed by atoms with van der Waals surface area (Å²) >= 11 is 1.77. The molecule has 0 fully saturated rings. The van der Waals surface area contributed by atoms with Gasteiger partial charge >= 0.3 is 5.97 Å². The molecule has 0 amide bonds. The fourth-order valence-electron chi connectivity index (χ4n) is 1.08. The number of methoxy groups -OCH3 is 1. The number of ether oxygens (including phenoxy) is 1. The SMILES string of the molecule is CCc1nc(C(=O)OC)c(I)c(N)c1F. The molecule has 0 saturated carbocycles. The van der Waals surface area contributed by atoms with E-state index in [1.807, 2.05) is 0 Å². The van der Waals surface area contributed by atoms with E-state index < -0.39 is 11.8 Å². The second-order valence-electron chi connectivity index (χ2n) is 2.79. The van der Waals surface area contributed by atoms with Gasteiger partial charge in [0.05, 0.1) is 22.1 Å². The van der Waals surface area contributed by atoms with Crippen LogP contribution in [0.2, 0.25) is 0 Å². The van der Waals surface area contributed by atoms with Gasteiger partial charge in [0.25, 0.3) is 0 Å². The number of carbonyl (C=O) groups is 1. The summed E-state index contributed by atoms with van der Waals surface area (Å²) in [7, 11) is 1.24. The van der Waals surface area contributed by atoms with Crippen molar-refractivity contribution in [1.82, 2.24) is 4.98 Å². The van der Waals surface area contributed by atoms with Crippen LogP contribution < -0.4 is 5.73 Å². The number of nitrogens with zero attached hydrogens (tertiary/aromatic N) is 1. The van der Waals surface area contributed by atoms with Gasteiger partial charge in [-0.3, -0.25) is 0 Å². The molecule has 0 saturated heterocycles. The van der Waals surface area contributed by atoms with Gasteiger partial charge in [0, 0.05) is 0 Å². The number of hydrogen-bond acceptors (Lipinski definition) is 4. The van der Waals surface area contributed by atoms with Crippen molar-refractivity contribution in [1.29, 1.82) is 0 Å². The lowest BCUT2D eigenvalue weighted by atomic mass is 10.2. The Morgan fingerprint density at radius 2 is 2.27 bits per heavy atom. The molecule has 82 valence electrons. The highest BCUT2D eigenvalue weighted by atomic mass is 127. The number of esters is 1. The highest BCUT2D eigenvalue weighted by molar-refractivity contribution is 14.1. The molecule has 6 heteroatoms. The summed E-state index contributed by atoms with van der Waals surface area (Å²) in [4.78, 5) is 15.2. The van der Waals surface area contributed by atoms with E-state index in [0.717, 1.165) is 0 Å². The van der Waals surface area contributed by atoms with E-state index in [1.165, 1.54) is 7.11 Å². The fourth-order valence-corrected chi connectivity index (χ4v) is 1.66. The van der Waals surface area contributed by atoms with Gasteiger partial charge in [-0.05, 0) is 29.0 Å². The third kappa shape index (κ3) is 2.19. The molecule has 0 atom stereocenters. The monoisotopic (exact) mass is 324 g/mol. The average Bonchev–Trinajstić information content (AvgIpc) is 2.25. The standard InChI is InChI=1S/C9H10FIN2O2/c1-3-4-5(10)7(12)6(11)8(13-4)9(14)15-2/h3H2,1-2H3,(H2,12,13). The van der Waals surface area contributed by atoms with Gasteiger partial charge in [-0.25, -0.2) is 14.2 Å². The van der Waals surface area contributed by atoms with E-state index in [9.17, 15) is 9.18 Å². The van der Waals surface area contributed by atoms with E-state index in [4.69, 9.17) is 5.73 Å². The van der Waals surface area contributed by atoms with Gasteiger partial charge in [0.15, 0.2) is 11.5 Å². The van der Waals surface area contributed by atoms with Crippen LogP contribution in [0.1, 0.15) is 23.1 Å². The summed E-state index contributed by atoms with van der Waals surface area (Å²) in [5, 5.41) is 0. The van der Waals surface area contributed by atoms with Crippen LogP contribution in [0.4, 0.5) is 10.1 Å². The lowest BCUT2D eigenvalue weighted by Gasteiger charge is -2.08. The number of hydrogen-bond donors (Lipinski definition) is 1. The topological polar surface area (TPSA) is 65.2 Å². The minimum Gasteiger partial charge on any atom is -0.464 e. The molecule has 2 N–H and O–H groups in total. The van der Waals surface area contributed by atoms with Crippen molar-refractivity contribution in [3.63, 3.8) is 0 Å². The van der Waals surface area contributed by atoms with Gasteiger partial charge in [-0.1, -0.05) is 6.92 Å². The third-order valence-corrected chi connectivity index (χ3v) is 2.99. The van der Waals surface area contributed by atoms with Crippen LogP contribution in [-0.4, -0.2) is 18.1 Å². The summed E-state index contributed by atoms with van der Waals surface area (Å²) in [6.45, 7) is 1.73. The van der Waals surface area contributed by atoms with Crippen LogP contribution in [0.3, 0.4) is 0 Å². The number of halogens is 2. The van der Waals surface area contributed by atoms with E-state index >= 15 is 0 Å². The number of carbonyl (C=O) groups excluding carboxylic acids is 1. The summed E-state index contributed by atoms with van der Waals surface area (Å²) in [6.07, 6.45) is 0.372. The van der Waals surface area contributed by atoms with Gasteiger partial charge in [0.2, 0.25) is 0 Å². The summed E-state index contributed by atoms with van der Waals surface area (Å²) in [6, 6.07) is 0. The summed E-state index contributed by atoms with van der Waals surface area (Å²) < 4.78 is 18.3. The van der Waals surface area contributed by atoms with E-state index in [1.54, 1.807) is 29.5 Å². The highest BCUT2D eigenvalue weighted by Crippen LogP contribution is 2.24. The predicted molar refractivity (Wildman–Crippen MR) is 62.0 cm³/mol. The Kier molecular flexibility index (Phi) is 3.83. The van der Waals surface area contributed by atoms with Crippen LogP contribution in [0.25, 0.3) is 0 Å². The zero-order chi connectivity index (χ0) is 11.6. The molecule has 15 heavy (non-hydrogen) atoms. The Bertz CT molecular complexity index is 410. The smallest absolute Gasteiger partial charge is 0.357 e. The quantitative estimate of drug-likeness (QED) is 0.665. The summed E-state index contributed by atoms with van der Waals surface area (Å²) in [5.74, 6) is -1.17. The van der Waals surface area contributed by atoms with Crippen molar-refractivity contribution in [3.05, 3.63) is 20.8 Å². The van der Waals surface area contributed by atoms with Crippen molar-refractivity contribution in [2.45, 2.75) is 13.3 Å². The van der Waals surface area contributed by atoms with Crippen molar-refractivity contribution in [2.24, 2.45) is 0 Å². The maximum atomic E-state index is 13.5. The van der Waals surface area contributed by atoms with Crippen LogP contribution >= 0.6 is 22.6 Å². The molecular formula is C9H10FIN2O2. The molecule has 0 aliphatic heterocycles. The molecule has 0 aliphatic carbocycles. The Morgan fingerprint density at radius 3 is 2.73 bits per heavy atom. The molecule has 1 rings (SSSR count). The first-order chi connectivity index (χ1) is 7.02. The minimum atomic E-state index is -0.610. The van der Waals surface area contributed by atoms with Gasteiger partial charge in [-0.2, -0.15) is 0 Å². The molecule has 0 aromatic carbocycles. The number of pyridine rings is 1. The van der Waals surface area contributed by atoms with Crippen LogP contribution in [0.15, 0.2) is 0 Å². The van der Waals surface area contributed by atoms with E-state index in [2.05, 4.69) is 9.72 Å². The Morgan fingerprint density at radius 1 is 1.67 bits per heavy atom. The first-order valence-electron chi connectivity index (χ1n) is 4.24. The molecule has 0 radical (unpaired) electrons. The third-order valence-electron chi connectivity index (χ3n) is 1.89. The average molecular weight is 324 g/mol. The fraction of sp³-hybridized carbons (Fsp3) is 0.333. The molecule has 1 heterocycles. The number of aryl methyl sites for hydroxylation is 1. The second kappa shape index (κ2) is 4.73. The van der Waals surface area contributed by atoms with Crippen LogP contribution in [0.5, 0.6) is 0 Å². The molecule has 0 unspecified atom stereocenters. The van der Waals surface area contributed by atoms with Crippen molar-refractivity contribution in [2.75, 3.05) is 12.8 Å². The van der Waals surface area contributed by atoms with Crippen molar-refractivity contribution in [3.8, 4) is 0 Å². The maximum Gasteiger partial charge on any atom is 0.357 e. The molecule has 1 aromatic rings. The van der Waals surface area contributed by atoms with Crippen LogP contribution in [0, 0.1) is 9.39 Å². The van der Waals surface area contributed by atoms with Gasteiger partial charge in [0.1, 0.15) is 0 Å². The van der Waals surface area contributed by atoms with E-state index in [0.29, 0.717) is 6.42 Å². The zero-order valence-corrected chi connectivity index (χ0v) is 10.5. The summed E-state index contributed by atoms with van der Waals surface area (Å²) in [5.41, 5.74) is 5.71. The zero-order valence-electron chi connectivity index (χ0n) is 8.30. The number of nitrogen functional groups attached to an aromatic ring is 1. The second-order valence-corrected chi connectivity index (χ2v) is 3.87. The Labute approximate surface area is 100 Å². The lowest BCUT2D eigenvalue weighted by molar-refractivity contribution is 0.0592. The first kappa shape index (κ1) is 12.2. The first-order valence-corrected chi connectivity index (χ1v) is 5.32. The normalized spacial score (nSPS) is 10.1. The molecular weight excluding hydrogens is 314 g/mol. The van der Waals surface area contributed by atoms with Crippen molar-refractivity contribution < 1.29 is 13.9 Å². The van der Waals surface area contributed by atoms with Crippen molar-refractivity contribution >= 4 is 34.2 Å². The van der Waals surface area contributed by atoms with Gasteiger partial charge in [-0.15, -0.1) is 0 Å². The number of anilines is 1. The molecule has 0 bridgehead atoms. The highest BCUT2D eigenvalue weighted by Gasteiger charge is 2.20. The Balaban J connectivity index is 3.41. The number of aromatic nitrogens is 1. The largest absolute Gasteiger partial charge is 0.464 e. The maximum absolute atomic E-state index is 13.5. The predicted octanol–water partition coefficient (Wildman–Crippen LogP) is 1.76. The number of rotatable bonds is 2. The molecule has 0 aliphatic rings. The number of nitrogens with two attached hydrogens (primary N) is 1. The molecule has 1 aromatic heterocycles. The Hall–Kier alpha value is -0.920. The lowest BCUT2D eigenvalue weighted by Crippen LogP contribution is -2.13. The molecule has 4 nitrogen and oxygen atoms in total. The molecule has 0 spiro atoms. The van der Waals surface area contributed by atoms with Crippen LogP contribution in [-0.2, 0) is 11.2 Å².